The van der Waals surface area contributed by atoms with Crippen molar-refractivity contribution in [3.63, 3.8) is 0 Å². The van der Waals surface area contributed by atoms with Crippen molar-refractivity contribution in [2.75, 3.05) is 7.05 Å². The molecule has 4 heteroatoms. The highest BCUT2D eigenvalue weighted by Crippen LogP contribution is 2.61. The monoisotopic (exact) mass is 315 g/mol. The lowest BCUT2D eigenvalue weighted by Crippen LogP contribution is -2.48. The second kappa shape index (κ2) is 5.64. The van der Waals surface area contributed by atoms with Gasteiger partial charge >= 0.3 is 0 Å². The molecule has 1 aromatic heterocycles. The predicted octanol–water partition coefficient (Wildman–Crippen LogP) is 3.47. The zero-order chi connectivity index (χ0) is 16.0. The Labute approximate surface area is 139 Å². The van der Waals surface area contributed by atoms with Crippen molar-refractivity contribution in [1.29, 1.82) is 0 Å². The first kappa shape index (κ1) is 15.2. The molecule has 5 rings (SSSR count). The van der Waals surface area contributed by atoms with E-state index in [4.69, 9.17) is 0 Å². The first-order chi connectivity index (χ1) is 11.1. The molecule has 0 aliphatic heterocycles. The second-order valence-electron chi connectivity index (χ2n) is 8.48. The van der Waals surface area contributed by atoms with Crippen molar-refractivity contribution < 1.29 is 4.79 Å². The van der Waals surface area contributed by atoms with Crippen molar-refractivity contribution in [3.05, 3.63) is 18.0 Å². The molecule has 1 aromatic rings. The Hall–Kier alpha value is -1.32. The Balaban J connectivity index is 1.41. The molecule has 1 amide bonds. The van der Waals surface area contributed by atoms with Gasteiger partial charge in [-0.1, -0.05) is 0 Å². The van der Waals surface area contributed by atoms with E-state index < -0.39 is 0 Å². The van der Waals surface area contributed by atoms with Gasteiger partial charge in [0.15, 0.2) is 0 Å². The zero-order valence-corrected chi connectivity index (χ0v) is 14.5. The van der Waals surface area contributed by atoms with Crippen molar-refractivity contribution >= 4 is 5.91 Å². The largest absolute Gasteiger partial charge is 0.340 e. The Bertz CT molecular complexity index is 556. The standard InChI is InChI=1S/C19H29N3O/c1-3-22-17(4-5-20-22)13-21(2)18(23)12-19-9-14-6-15(10-19)8-16(7-14)11-19/h4-5,14-16H,3,6-13H2,1-2H3. The topological polar surface area (TPSA) is 38.1 Å². The van der Waals surface area contributed by atoms with Crippen LogP contribution in [0.4, 0.5) is 0 Å². The number of aromatic nitrogens is 2. The fourth-order valence-corrected chi connectivity index (χ4v) is 6.07. The molecule has 0 saturated heterocycles. The fraction of sp³-hybridized carbons (Fsp3) is 0.789. The van der Waals surface area contributed by atoms with E-state index in [0.29, 0.717) is 17.9 Å². The molecule has 4 bridgehead atoms. The predicted molar refractivity (Wildman–Crippen MR) is 89.6 cm³/mol. The number of hydrogen-bond donors (Lipinski definition) is 0. The molecular weight excluding hydrogens is 286 g/mol. The molecule has 0 aromatic carbocycles. The maximum absolute atomic E-state index is 12.8. The molecular formula is C19H29N3O. The van der Waals surface area contributed by atoms with Crippen LogP contribution in [0, 0.1) is 23.2 Å². The third-order valence-electron chi connectivity index (χ3n) is 6.62. The van der Waals surface area contributed by atoms with Crippen LogP contribution in [-0.4, -0.2) is 27.6 Å². The first-order valence-corrected chi connectivity index (χ1v) is 9.31. The van der Waals surface area contributed by atoms with E-state index in [2.05, 4.69) is 12.0 Å². The number of aryl methyl sites for hydroxylation is 1. The van der Waals surface area contributed by atoms with Crippen LogP contribution in [0.3, 0.4) is 0 Å². The molecule has 0 radical (unpaired) electrons. The molecule has 0 unspecified atom stereocenters. The second-order valence-corrected chi connectivity index (χ2v) is 8.48. The summed E-state index contributed by atoms with van der Waals surface area (Å²) in [6, 6.07) is 2.03. The first-order valence-electron chi connectivity index (χ1n) is 9.31. The fourth-order valence-electron chi connectivity index (χ4n) is 6.07. The molecule has 126 valence electrons. The minimum atomic E-state index is 0.329. The highest BCUT2D eigenvalue weighted by atomic mass is 16.2. The van der Waals surface area contributed by atoms with Crippen LogP contribution >= 0.6 is 0 Å². The lowest BCUT2D eigenvalue weighted by Gasteiger charge is -2.56. The summed E-state index contributed by atoms with van der Waals surface area (Å²) >= 11 is 0. The third kappa shape index (κ3) is 2.81. The van der Waals surface area contributed by atoms with E-state index in [0.717, 1.165) is 36.4 Å². The molecule has 23 heavy (non-hydrogen) atoms. The number of carbonyl (C=O) groups excluding carboxylic acids is 1. The number of carbonyl (C=O) groups is 1. The molecule has 0 spiro atoms. The maximum Gasteiger partial charge on any atom is 0.223 e. The summed E-state index contributed by atoms with van der Waals surface area (Å²) in [5.41, 5.74) is 1.47. The normalized spacial score (nSPS) is 34.8. The van der Waals surface area contributed by atoms with E-state index in [-0.39, 0.29) is 0 Å². The van der Waals surface area contributed by atoms with Crippen LogP contribution in [0.1, 0.15) is 57.6 Å². The number of nitrogens with zero attached hydrogens (tertiary/aromatic N) is 3. The zero-order valence-electron chi connectivity index (χ0n) is 14.5. The van der Waals surface area contributed by atoms with Gasteiger partial charge in [-0.25, -0.2) is 0 Å². The van der Waals surface area contributed by atoms with E-state index in [1.807, 2.05) is 28.9 Å². The van der Waals surface area contributed by atoms with Gasteiger partial charge < -0.3 is 4.90 Å². The minimum Gasteiger partial charge on any atom is -0.340 e. The summed E-state index contributed by atoms with van der Waals surface area (Å²) in [6.07, 6.45) is 10.9. The molecule has 4 fully saturated rings. The van der Waals surface area contributed by atoms with E-state index in [9.17, 15) is 4.79 Å². The van der Waals surface area contributed by atoms with Crippen LogP contribution in [0.5, 0.6) is 0 Å². The van der Waals surface area contributed by atoms with Crippen LogP contribution in [0.15, 0.2) is 12.3 Å². The molecule has 4 saturated carbocycles. The van der Waals surface area contributed by atoms with E-state index in [1.165, 1.54) is 38.5 Å². The maximum atomic E-state index is 12.8. The quantitative estimate of drug-likeness (QED) is 0.834. The van der Waals surface area contributed by atoms with Gasteiger partial charge in [-0.15, -0.1) is 0 Å². The van der Waals surface area contributed by atoms with Crippen LogP contribution in [-0.2, 0) is 17.9 Å². The van der Waals surface area contributed by atoms with Gasteiger partial charge in [0.1, 0.15) is 0 Å². The number of rotatable bonds is 5. The summed E-state index contributed by atoms with van der Waals surface area (Å²) in [6.45, 7) is 3.63. The van der Waals surface area contributed by atoms with Crippen molar-refractivity contribution in [1.82, 2.24) is 14.7 Å². The van der Waals surface area contributed by atoms with Crippen LogP contribution in [0.2, 0.25) is 0 Å². The van der Waals surface area contributed by atoms with Crippen molar-refractivity contribution in [2.24, 2.45) is 23.2 Å². The van der Waals surface area contributed by atoms with Gasteiger partial charge in [0.2, 0.25) is 5.91 Å². The van der Waals surface area contributed by atoms with Gasteiger partial charge in [-0.05, 0) is 74.7 Å². The Morgan fingerprint density at radius 2 is 1.87 bits per heavy atom. The summed E-state index contributed by atoms with van der Waals surface area (Å²) < 4.78 is 1.98. The average Bonchev–Trinajstić information content (AvgIpc) is 2.92. The van der Waals surface area contributed by atoms with Gasteiger partial charge in [-0.2, -0.15) is 5.10 Å². The highest BCUT2D eigenvalue weighted by Gasteiger charge is 2.51. The SMILES string of the molecule is CCn1nccc1CN(C)C(=O)CC12CC3CC(CC(C3)C1)C2. The third-order valence-corrected chi connectivity index (χ3v) is 6.62. The molecule has 0 atom stereocenters. The Kier molecular flexibility index (Phi) is 3.73. The molecule has 4 aliphatic carbocycles. The summed E-state index contributed by atoms with van der Waals surface area (Å²) in [7, 11) is 1.95. The average molecular weight is 315 g/mol. The van der Waals surface area contributed by atoms with Gasteiger partial charge in [0.25, 0.3) is 0 Å². The van der Waals surface area contributed by atoms with Crippen LogP contribution in [0.25, 0.3) is 0 Å². The lowest BCUT2D eigenvalue weighted by molar-refractivity contribution is -0.138. The molecule has 0 N–H and O–H groups in total. The lowest BCUT2D eigenvalue weighted by atomic mass is 9.49. The Morgan fingerprint density at radius 3 is 2.43 bits per heavy atom. The smallest absolute Gasteiger partial charge is 0.223 e. The van der Waals surface area contributed by atoms with Gasteiger partial charge in [0, 0.05) is 26.2 Å². The van der Waals surface area contributed by atoms with Crippen LogP contribution < -0.4 is 0 Å². The molecule has 4 aliphatic rings. The van der Waals surface area contributed by atoms with Crippen molar-refractivity contribution in [3.8, 4) is 0 Å². The highest BCUT2D eigenvalue weighted by molar-refractivity contribution is 5.76. The minimum absolute atomic E-state index is 0.329. The van der Waals surface area contributed by atoms with E-state index >= 15 is 0 Å². The van der Waals surface area contributed by atoms with Crippen molar-refractivity contribution in [2.45, 2.75) is 65.0 Å². The summed E-state index contributed by atoms with van der Waals surface area (Å²) in [5, 5.41) is 4.31. The number of amides is 1. The molecule has 1 heterocycles. The number of hydrogen-bond acceptors (Lipinski definition) is 2. The summed E-state index contributed by atoms with van der Waals surface area (Å²) in [4.78, 5) is 14.8. The van der Waals surface area contributed by atoms with E-state index in [1.54, 1.807) is 0 Å². The Morgan fingerprint density at radius 1 is 1.26 bits per heavy atom. The summed E-state index contributed by atoms with van der Waals surface area (Å²) in [5.74, 6) is 3.08. The molecule has 4 nitrogen and oxygen atoms in total. The van der Waals surface area contributed by atoms with Gasteiger partial charge in [-0.3, -0.25) is 9.48 Å². The van der Waals surface area contributed by atoms with Gasteiger partial charge in [0.05, 0.1) is 12.2 Å².